The Kier molecular flexibility index (Phi) is 4.95. The Hall–Kier alpha value is -1.25. The fourth-order valence-corrected chi connectivity index (χ4v) is 1.17. The lowest BCUT2D eigenvalue weighted by Crippen LogP contribution is -2.08. The summed E-state index contributed by atoms with van der Waals surface area (Å²) in [5, 5.41) is 3.29. The van der Waals surface area contributed by atoms with Crippen molar-refractivity contribution in [2.24, 2.45) is 5.92 Å². The van der Waals surface area contributed by atoms with Gasteiger partial charge in [0.15, 0.2) is 0 Å². The molecule has 1 aromatic rings. The van der Waals surface area contributed by atoms with E-state index in [4.69, 9.17) is 4.74 Å². The lowest BCUT2D eigenvalue weighted by atomic mass is 10.2. The van der Waals surface area contributed by atoms with E-state index < -0.39 is 6.67 Å². The van der Waals surface area contributed by atoms with Gasteiger partial charge in [-0.15, -0.1) is 0 Å². The molecule has 84 valence electrons. The molecule has 3 heteroatoms. The van der Waals surface area contributed by atoms with Gasteiger partial charge in [-0.2, -0.15) is 0 Å². The van der Waals surface area contributed by atoms with Gasteiger partial charge in [0.1, 0.15) is 19.0 Å². The van der Waals surface area contributed by atoms with E-state index in [0.29, 0.717) is 11.7 Å². The van der Waals surface area contributed by atoms with Crippen molar-refractivity contribution in [1.82, 2.24) is 0 Å². The van der Waals surface area contributed by atoms with Crippen molar-refractivity contribution < 1.29 is 9.13 Å². The second-order valence-corrected chi connectivity index (χ2v) is 3.84. The fraction of sp³-hybridized carbons (Fsp3) is 0.500. The summed E-state index contributed by atoms with van der Waals surface area (Å²) in [6, 6.07) is 7.59. The second kappa shape index (κ2) is 6.27. The molecule has 0 amide bonds. The summed E-state index contributed by atoms with van der Waals surface area (Å²) in [5.74, 6) is 1.31. The van der Waals surface area contributed by atoms with Crippen LogP contribution >= 0.6 is 0 Å². The fourth-order valence-electron chi connectivity index (χ4n) is 1.17. The minimum absolute atomic E-state index is 0.119. The highest BCUT2D eigenvalue weighted by molar-refractivity contribution is 5.48. The summed E-state index contributed by atoms with van der Waals surface area (Å²) in [6.45, 7) is 4.89. The van der Waals surface area contributed by atoms with Crippen LogP contribution in [0.2, 0.25) is 0 Å². The van der Waals surface area contributed by atoms with Crippen LogP contribution in [0.3, 0.4) is 0 Å². The maximum atomic E-state index is 11.9. The Morgan fingerprint density at radius 3 is 2.87 bits per heavy atom. The highest BCUT2D eigenvalue weighted by atomic mass is 19.1. The average Bonchev–Trinajstić information content (AvgIpc) is 2.24. The van der Waals surface area contributed by atoms with Crippen LogP contribution in [0.5, 0.6) is 5.75 Å². The van der Waals surface area contributed by atoms with E-state index in [2.05, 4.69) is 19.2 Å². The molecule has 0 atom stereocenters. The molecule has 0 bridgehead atoms. The number of anilines is 1. The number of ether oxygens (including phenoxy) is 1. The topological polar surface area (TPSA) is 21.3 Å². The molecule has 0 radical (unpaired) electrons. The predicted octanol–water partition coefficient (Wildman–Crippen LogP) is 3.10. The average molecular weight is 211 g/mol. The van der Waals surface area contributed by atoms with Crippen LogP contribution in [0.15, 0.2) is 24.3 Å². The molecule has 0 fully saturated rings. The monoisotopic (exact) mass is 211 g/mol. The van der Waals surface area contributed by atoms with Gasteiger partial charge in [0.05, 0.1) is 0 Å². The van der Waals surface area contributed by atoms with Gasteiger partial charge in [-0.3, -0.25) is 0 Å². The van der Waals surface area contributed by atoms with Crippen LogP contribution in [0.4, 0.5) is 10.1 Å². The number of alkyl halides is 1. The Bertz CT molecular complexity index is 289. The first-order valence-electron chi connectivity index (χ1n) is 5.25. The molecule has 0 aliphatic carbocycles. The van der Waals surface area contributed by atoms with Crippen LogP contribution in [-0.4, -0.2) is 19.8 Å². The van der Waals surface area contributed by atoms with Crippen LogP contribution in [0, 0.1) is 5.92 Å². The van der Waals surface area contributed by atoms with Gasteiger partial charge in [0.25, 0.3) is 0 Å². The molecule has 0 saturated carbocycles. The number of halogens is 1. The van der Waals surface area contributed by atoms with Gasteiger partial charge in [0.2, 0.25) is 0 Å². The molecule has 0 aliphatic rings. The summed E-state index contributed by atoms with van der Waals surface area (Å²) in [6.07, 6.45) is 0. The SMILES string of the molecule is CC(C)CNc1cccc(OCCF)c1. The zero-order valence-corrected chi connectivity index (χ0v) is 9.29. The van der Waals surface area contributed by atoms with Crippen LogP contribution < -0.4 is 10.1 Å². The van der Waals surface area contributed by atoms with E-state index in [9.17, 15) is 4.39 Å². The quantitative estimate of drug-likeness (QED) is 0.780. The summed E-state index contributed by atoms with van der Waals surface area (Å²) in [7, 11) is 0. The van der Waals surface area contributed by atoms with Gasteiger partial charge >= 0.3 is 0 Å². The molecule has 0 aliphatic heterocycles. The van der Waals surface area contributed by atoms with Gasteiger partial charge < -0.3 is 10.1 Å². The molecule has 1 N–H and O–H groups in total. The summed E-state index contributed by atoms with van der Waals surface area (Å²) in [5.41, 5.74) is 1.01. The predicted molar refractivity (Wildman–Crippen MR) is 61.2 cm³/mol. The highest BCUT2D eigenvalue weighted by Gasteiger charge is 1.97. The van der Waals surface area contributed by atoms with Gasteiger partial charge in [0, 0.05) is 18.3 Å². The van der Waals surface area contributed by atoms with E-state index >= 15 is 0 Å². The summed E-state index contributed by atoms with van der Waals surface area (Å²) in [4.78, 5) is 0. The minimum atomic E-state index is -0.455. The van der Waals surface area contributed by atoms with E-state index in [1.165, 1.54) is 0 Å². The van der Waals surface area contributed by atoms with Crippen molar-refractivity contribution >= 4 is 5.69 Å². The minimum Gasteiger partial charge on any atom is -0.491 e. The van der Waals surface area contributed by atoms with Crippen LogP contribution in [-0.2, 0) is 0 Å². The molecule has 2 nitrogen and oxygen atoms in total. The van der Waals surface area contributed by atoms with Gasteiger partial charge in [-0.1, -0.05) is 19.9 Å². The number of hydrogen-bond acceptors (Lipinski definition) is 2. The summed E-state index contributed by atoms with van der Waals surface area (Å²) >= 11 is 0. The summed E-state index contributed by atoms with van der Waals surface area (Å²) < 4.78 is 17.1. The molecule has 1 aromatic carbocycles. The zero-order valence-electron chi connectivity index (χ0n) is 9.29. The second-order valence-electron chi connectivity index (χ2n) is 3.84. The van der Waals surface area contributed by atoms with E-state index in [0.717, 1.165) is 12.2 Å². The third kappa shape index (κ3) is 4.68. The Morgan fingerprint density at radius 1 is 1.40 bits per heavy atom. The molecule has 1 rings (SSSR count). The van der Waals surface area contributed by atoms with Crippen molar-refractivity contribution in [3.05, 3.63) is 24.3 Å². The first-order chi connectivity index (χ1) is 7.22. The van der Waals surface area contributed by atoms with Gasteiger partial charge in [-0.25, -0.2) is 4.39 Å². The lowest BCUT2D eigenvalue weighted by molar-refractivity contribution is 0.273. The number of rotatable bonds is 6. The number of nitrogens with one attached hydrogen (secondary N) is 1. The van der Waals surface area contributed by atoms with Crippen molar-refractivity contribution in [3.63, 3.8) is 0 Å². The maximum absolute atomic E-state index is 11.9. The third-order valence-corrected chi connectivity index (χ3v) is 1.89. The van der Waals surface area contributed by atoms with E-state index in [1.54, 1.807) is 0 Å². The van der Waals surface area contributed by atoms with E-state index in [1.807, 2.05) is 24.3 Å². The molecular weight excluding hydrogens is 193 g/mol. The maximum Gasteiger partial charge on any atom is 0.123 e. The van der Waals surface area contributed by atoms with Crippen molar-refractivity contribution in [2.45, 2.75) is 13.8 Å². The molecule has 15 heavy (non-hydrogen) atoms. The van der Waals surface area contributed by atoms with Crippen LogP contribution in [0.25, 0.3) is 0 Å². The lowest BCUT2D eigenvalue weighted by Gasteiger charge is -2.10. The molecule has 0 heterocycles. The molecule has 0 spiro atoms. The number of benzene rings is 1. The molecule has 0 aromatic heterocycles. The van der Waals surface area contributed by atoms with Crippen LogP contribution in [0.1, 0.15) is 13.8 Å². The first kappa shape index (κ1) is 11.8. The smallest absolute Gasteiger partial charge is 0.123 e. The van der Waals surface area contributed by atoms with Crippen molar-refractivity contribution in [1.29, 1.82) is 0 Å². The van der Waals surface area contributed by atoms with E-state index in [-0.39, 0.29) is 6.61 Å². The first-order valence-corrected chi connectivity index (χ1v) is 5.25. The third-order valence-electron chi connectivity index (χ3n) is 1.89. The van der Waals surface area contributed by atoms with Crippen molar-refractivity contribution in [3.8, 4) is 5.75 Å². The van der Waals surface area contributed by atoms with Crippen molar-refractivity contribution in [2.75, 3.05) is 25.1 Å². The Labute approximate surface area is 90.4 Å². The van der Waals surface area contributed by atoms with Gasteiger partial charge in [-0.05, 0) is 18.1 Å². The number of hydrogen-bond donors (Lipinski definition) is 1. The Morgan fingerprint density at radius 2 is 2.20 bits per heavy atom. The zero-order chi connectivity index (χ0) is 11.1. The highest BCUT2D eigenvalue weighted by Crippen LogP contribution is 2.17. The molecule has 0 unspecified atom stereocenters. The molecular formula is C12H18FNO. The largest absolute Gasteiger partial charge is 0.491 e. The normalized spacial score (nSPS) is 10.4. The standard InChI is InChI=1S/C12H18FNO/c1-10(2)9-14-11-4-3-5-12(8-11)15-7-6-13/h3-5,8,10,14H,6-7,9H2,1-2H3. The Balaban J connectivity index is 2.50. The molecule has 0 saturated heterocycles.